The highest BCUT2D eigenvalue weighted by atomic mass is 32.2. The Hall–Kier alpha value is -1.35. The van der Waals surface area contributed by atoms with Crippen molar-refractivity contribution in [1.29, 1.82) is 0 Å². The molecule has 0 saturated carbocycles. The summed E-state index contributed by atoms with van der Waals surface area (Å²) in [5, 5.41) is 4.60. The Bertz CT molecular complexity index is 489. The van der Waals surface area contributed by atoms with Crippen LogP contribution in [0.1, 0.15) is 12.1 Å². The Morgan fingerprint density at radius 2 is 1.93 bits per heavy atom. The average molecular weight is 241 g/mol. The number of pyridine rings is 1. The minimum absolute atomic E-state index is 0.353. The maximum absolute atomic E-state index is 13.0. The molecule has 5 nitrogen and oxygen atoms in total. The first-order chi connectivity index (χ1) is 6.73. The number of sulfonamides is 1. The molecule has 0 aromatic carbocycles. The third kappa shape index (κ3) is 2.36. The molecule has 0 bridgehead atoms. The first kappa shape index (κ1) is 11.7. The number of hydrogen-bond donors (Lipinski definition) is 2. The summed E-state index contributed by atoms with van der Waals surface area (Å²) in [4.78, 5) is 1.89. The monoisotopic (exact) mass is 241 g/mol. The fourth-order valence-electron chi connectivity index (χ4n) is 0.863. The van der Waals surface area contributed by atoms with Gasteiger partial charge in [0.05, 0.1) is 0 Å². The van der Waals surface area contributed by atoms with Crippen LogP contribution in [0.15, 0.2) is 11.0 Å². The summed E-state index contributed by atoms with van der Waals surface area (Å²) in [6.45, 7) is 0. The van der Waals surface area contributed by atoms with Crippen LogP contribution in [0.2, 0.25) is 0 Å². The molecule has 84 valence electrons. The zero-order chi connectivity index (χ0) is 11.8. The summed E-state index contributed by atoms with van der Waals surface area (Å²) in [6.07, 6.45) is -3.06. The number of rotatable bonds is 2. The lowest BCUT2D eigenvalue weighted by Gasteiger charge is -2.05. The normalized spacial score (nSPS) is 12.1. The molecule has 1 aromatic rings. The fraction of sp³-hybridized carbons (Fsp3) is 0.167. The van der Waals surface area contributed by atoms with Gasteiger partial charge in [0.1, 0.15) is 10.6 Å². The van der Waals surface area contributed by atoms with Crippen LogP contribution in [0.3, 0.4) is 0 Å². The lowest BCUT2D eigenvalue weighted by molar-refractivity contribution is 0.145. The number of nitrogens with zero attached hydrogens (tertiary/aromatic N) is 1. The van der Waals surface area contributed by atoms with Gasteiger partial charge in [0.15, 0.2) is 11.6 Å². The largest absolute Gasteiger partial charge is 0.381 e. The molecule has 0 aliphatic rings. The Labute approximate surface area is 83.0 Å². The summed E-state index contributed by atoms with van der Waals surface area (Å²) >= 11 is 0. The van der Waals surface area contributed by atoms with Gasteiger partial charge in [-0.05, 0) is 6.07 Å². The van der Waals surface area contributed by atoms with Gasteiger partial charge in [0.25, 0.3) is 6.43 Å². The molecular weight excluding hydrogens is 235 g/mol. The van der Waals surface area contributed by atoms with E-state index in [4.69, 9.17) is 5.73 Å². The molecule has 0 unspecified atom stereocenters. The minimum atomic E-state index is -4.44. The van der Waals surface area contributed by atoms with Crippen molar-refractivity contribution in [3.8, 4) is 0 Å². The third-order valence-corrected chi connectivity index (χ3v) is 2.41. The molecule has 0 radical (unpaired) electrons. The van der Waals surface area contributed by atoms with E-state index < -0.39 is 38.7 Å². The predicted octanol–water partition coefficient (Wildman–Crippen LogP) is 0.388. The molecule has 0 fully saturated rings. The van der Waals surface area contributed by atoms with Crippen molar-refractivity contribution in [3.63, 3.8) is 0 Å². The molecule has 0 saturated heterocycles. The quantitative estimate of drug-likeness (QED) is 0.782. The van der Waals surface area contributed by atoms with E-state index >= 15 is 0 Å². The molecule has 0 spiro atoms. The molecule has 0 amide bonds. The van der Waals surface area contributed by atoms with Gasteiger partial charge < -0.3 is 5.73 Å². The Morgan fingerprint density at radius 1 is 1.40 bits per heavy atom. The number of hydrogen-bond acceptors (Lipinski definition) is 4. The second-order valence-electron chi connectivity index (χ2n) is 2.59. The summed E-state index contributed by atoms with van der Waals surface area (Å²) < 4.78 is 59.0. The topological polar surface area (TPSA) is 99.1 Å². The van der Waals surface area contributed by atoms with Crippen LogP contribution < -0.4 is 10.9 Å². The van der Waals surface area contributed by atoms with E-state index in [0.29, 0.717) is 6.07 Å². The van der Waals surface area contributed by atoms with E-state index in [1.165, 1.54) is 0 Å². The number of alkyl halides is 2. The number of primary sulfonamides is 1. The molecule has 15 heavy (non-hydrogen) atoms. The molecule has 1 aromatic heterocycles. The Morgan fingerprint density at radius 3 is 2.33 bits per heavy atom. The van der Waals surface area contributed by atoms with Gasteiger partial charge in [0.2, 0.25) is 10.0 Å². The van der Waals surface area contributed by atoms with Gasteiger partial charge in [-0.3, -0.25) is 0 Å². The van der Waals surface area contributed by atoms with Gasteiger partial charge >= 0.3 is 0 Å². The van der Waals surface area contributed by atoms with Crippen molar-refractivity contribution in [2.45, 2.75) is 11.3 Å². The number of nitrogens with two attached hydrogens (primary N) is 2. The third-order valence-electron chi connectivity index (χ3n) is 1.50. The first-order valence-corrected chi connectivity index (χ1v) is 5.05. The van der Waals surface area contributed by atoms with E-state index in [1.54, 1.807) is 0 Å². The minimum Gasteiger partial charge on any atom is -0.381 e. The van der Waals surface area contributed by atoms with Gasteiger partial charge in [-0.2, -0.15) is 0 Å². The van der Waals surface area contributed by atoms with Crippen molar-refractivity contribution in [2.75, 3.05) is 5.73 Å². The van der Waals surface area contributed by atoms with Crippen molar-refractivity contribution in [2.24, 2.45) is 5.14 Å². The Kier molecular flexibility index (Phi) is 2.86. The molecule has 1 heterocycles. The van der Waals surface area contributed by atoms with E-state index in [1.807, 2.05) is 0 Å². The van der Waals surface area contributed by atoms with Crippen molar-refractivity contribution in [3.05, 3.63) is 17.6 Å². The number of aromatic nitrogens is 1. The van der Waals surface area contributed by atoms with Crippen molar-refractivity contribution in [1.82, 2.24) is 4.98 Å². The number of nitrogen functional groups attached to an aromatic ring is 1. The number of anilines is 1. The van der Waals surface area contributed by atoms with Gasteiger partial charge in [-0.25, -0.2) is 31.7 Å². The van der Waals surface area contributed by atoms with Crippen LogP contribution in [-0.2, 0) is 10.0 Å². The van der Waals surface area contributed by atoms with Crippen molar-refractivity contribution >= 4 is 15.8 Å². The maximum Gasteiger partial charge on any atom is 0.280 e. The molecule has 4 N–H and O–H groups in total. The molecule has 0 aliphatic carbocycles. The van der Waals surface area contributed by atoms with Crippen molar-refractivity contribution < 1.29 is 21.6 Å². The molecule has 1 rings (SSSR count). The summed E-state index contributed by atoms with van der Waals surface area (Å²) in [6, 6.07) is 0.353. The second kappa shape index (κ2) is 3.66. The maximum atomic E-state index is 13.0. The van der Waals surface area contributed by atoms with Crippen LogP contribution in [0, 0.1) is 5.82 Å². The zero-order valence-electron chi connectivity index (χ0n) is 7.12. The predicted molar refractivity (Wildman–Crippen MR) is 44.9 cm³/mol. The van der Waals surface area contributed by atoms with E-state index in [-0.39, 0.29) is 0 Å². The van der Waals surface area contributed by atoms with Gasteiger partial charge in [-0.1, -0.05) is 0 Å². The highest BCUT2D eigenvalue weighted by Crippen LogP contribution is 2.24. The van der Waals surface area contributed by atoms with E-state index in [9.17, 15) is 21.6 Å². The first-order valence-electron chi connectivity index (χ1n) is 3.50. The average Bonchev–Trinajstić information content (AvgIpc) is 2.06. The van der Waals surface area contributed by atoms with E-state index in [0.717, 1.165) is 0 Å². The standard InChI is InChI=1S/C6H6F3N3O2S/c7-4-3(15(11,13)14)1-2(5(8)9)12-6(4)10/h1,5H,(H2,10,12)(H2,11,13,14). The van der Waals surface area contributed by atoms with E-state index in [2.05, 4.69) is 10.1 Å². The second-order valence-corrected chi connectivity index (χ2v) is 4.12. The fourth-order valence-corrected chi connectivity index (χ4v) is 1.50. The summed E-state index contributed by atoms with van der Waals surface area (Å²) in [5.74, 6) is -2.36. The lowest BCUT2D eigenvalue weighted by Crippen LogP contribution is -2.16. The van der Waals surface area contributed by atoms with Crippen LogP contribution >= 0.6 is 0 Å². The van der Waals surface area contributed by atoms with Crippen LogP contribution in [0.5, 0.6) is 0 Å². The lowest BCUT2D eigenvalue weighted by atomic mass is 10.3. The van der Waals surface area contributed by atoms with Crippen LogP contribution in [0.4, 0.5) is 19.0 Å². The summed E-state index contributed by atoms with van der Waals surface area (Å²) in [7, 11) is -4.44. The molecule has 0 atom stereocenters. The highest BCUT2D eigenvalue weighted by Gasteiger charge is 2.22. The smallest absolute Gasteiger partial charge is 0.280 e. The SMILES string of the molecule is Nc1nc(C(F)F)cc(S(N)(=O)=O)c1F. The molecular formula is C6H6F3N3O2S. The molecule has 0 aliphatic heterocycles. The van der Waals surface area contributed by atoms with Crippen LogP contribution in [-0.4, -0.2) is 13.4 Å². The summed E-state index contributed by atoms with van der Waals surface area (Å²) in [5.41, 5.74) is 3.97. The Balaban J connectivity index is 3.52. The number of halogens is 3. The highest BCUT2D eigenvalue weighted by molar-refractivity contribution is 7.89. The van der Waals surface area contributed by atoms with Gasteiger partial charge in [0, 0.05) is 0 Å². The van der Waals surface area contributed by atoms with Crippen LogP contribution in [0.25, 0.3) is 0 Å². The van der Waals surface area contributed by atoms with Gasteiger partial charge in [-0.15, -0.1) is 0 Å². The zero-order valence-corrected chi connectivity index (χ0v) is 7.93. The molecule has 9 heteroatoms.